The van der Waals surface area contributed by atoms with E-state index in [9.17, 15) is 9.59 Å². The van der Waals surface area contributed by atoms with Crippen LogP contribution in [0.5, 0.6) is 5.75 Å². The van der Waals surface area contributed by atoms with E-state index in [1.165, 1.54) is 18.3 Å². The number of rotatable bonds is 5. The molecule has 4 aromatic rings. The van der Waals surface area contributed by atoms with Crippen molar-refractivity contribution in [1.29, 1.82) is 0 Å². The van der Waals surface area contributed by atoms with Crippen molar-refractivity contribution in [1.82, 2.24) is 9.38 Å². The zero-order valence-electron chi connectivity index (χ0n) is 15.3. The molecule has 1 N–H and O–H groups in total. The van der Waals surface area contributed by atoms with Crippen LogP contribution in [0.15, 0.2) is 60.1 Å². The van der Waals surface area contributed by atoms with Gasteiger partial charge in [0.1, 0.15) is 11.4 Å². The number of methoxy groups -OCH3 is 1. The summed E-state index contributed by atoms with van der Waals surface area (Å²) in [4.78, 5) is 29.6. The summed E-state index contributed by atoms with van der Waals surface area (Å²) in [6.07, 6.45) is 1.84. The van der Waals surface area contributed by atoms with Crippen LogP contribution in [0.4, 0.5) is 5.69 Å². The molecule has 0 radical (unpaired) electrons. The Morgan fingerprint density at radius 3 is 2.64 bits per heavy atom. The first-order valence-electron chi connectivity index (χ1n) is 8.58. The van der Waals surface area contributed by atoms with Crippen LogP contribution in [0.25, 0.3) is 16.2 Å². The van der Waals surface area contributed by atoms with Crippen molar-refractivity contribution < 1.29 is 14.3 Å². The lowest BCUT2D eigenvalue weighted by molar-refractivity contribution is 0.100. The molecule has 0 aliphatic heterocycles. The lowest BCUT2D eigenvalue weighted by Crippen LogP contribution is -2.14. The molecule has 0 saturated heterocycles. The van der Waals surface area contributed by atoms with Crippen molar-refractivity contribution in [3.8, 4) is 17.0 Å². The summed E-state index contributed by atoms with van der Waals surface area (Å²) >= 11 is 1.40. The number of hydrogen-bond donors (Lipinski definition) is 1. The fourth-order valence-corrected chi connectivity index (χ4v) is 3.71. The lowest BCUT2D eigenvalue weighted by Gasteiger charge is -2.05. The third kappa shape index (κ3) is 3.39. The molecule has 6 nitrogen and oxygen atoms in total. The van der Waals surface area contributed by atoms with E-state index in [2.05, 4.69) is 10.3 Å². The molecular weight excluding hydrogens is 374 g/mol. The van der Waals surface area contributed by atoms with Gasteiger partial charge < -0.3 is 10.1 Å². The highest BCUT2D eigenvalue weighted by Gasteiger charge is 2.16. The van der Waals surface area contributed by atoms with Gasteiger partial charge in [-0.05, 0) is 43.3 Å². The molecule has 4 rings (SSSR count). The summed E-state index contributed by atoms with van der Waals surface area (Å²) in [5.74, 6) is 0.469. The fraction of sp³-hybridized carbons (Fsp3) is 0.0952. The van der Waals surface area contributed by atoms with E-state index in [0.29, 0.717) is 16.9 Å². The smallest absolute Gasteiger partial charge is 0.273 e. The number of fused-ring (bicyclic) bond motifs is 1. The summed E-state index contributed by atoms with van der Waals surface area (Å²) in [6.45, 7) is 1.50. The van der Waals surface area contributed by atoms with Gasteiger partial charge in [-0.3, -0.25) is 14.0 Å². The van der Waals surface area contributed by atoms with Gasteiger partial charge in [0.05, 0.1) is 12.8 Å². The Balaban J connectivity index is 1.62. The number of nitrogens with zero attached hydrogens (tertiary/aromatic N) is 2. The largest absolute Gasteiger partial charge is 0.497 e. The molecule has 2 aromatic carbocycles. The SMILES string of the molecule is COc1ccc(-c2cn3c(C(=O)Nc4cccc(C(C)=O)c4)csc3n2)cc1. The van der Waals surface area contributed by atoms with Crippen molar-refractivity contribution in [3.63, 3.8) is 0 Å². The molecule has 0 atom stereocenters. The Hall–Kier alpha value is -3.45. The predicted molar refractivity (Wildman–Crippen MR) is 109 cm³/mol. The van der Waals surface area contributed by atoms with Crippen molar-refractivity contribution in [2.75, 3.05) is 12.4 Å². The summed E-state index contributed by atoms with van der Waals surface area (Å²) in [5, 5.41) is 4.61. The standard InChI is InChI=1S/C21H17N3O3S/c1-13(25)15-4-3-5-16(10-15)22-20(26)19-12-28-21-23-18(11-24(19)21)14-6-8-17(27-2)9-7-14/h3-12H,1-2H3,(H,22,26). The number of imidazole rings is 1. The molecule has 0 fully saturated rings. The molecule has 2 aromatic heterocycles. The molecule has 7 heteroatoms. The fourth-order valence-electron chi connectivity index (χ4n) is 2.86. The molecule has 140 valence electrons. The number of anilines is 1. The minimum atomic E-state index is -0.259. The second-order valence-corrected chi connectivity index (χ2v) is 7.06. The molecule has 0 aliphatic rings. The molecule has 0 spiro atoms. The molecular formula is C21H17N3O3S. The number of thiazole rings is 1. The maximum Gasteiger partial charge on any atom is 0.273 e. The Morgan fingerprint density at radius 1 is 1.14 bits per heavy atom. The first-order chi connectivity index (χ1) is 13.5. The Bertz CT molecular complexity index is 1180. The molecule has 1 amide bonds. The number of ether oxygens (including phenoxy) is 1. The zero-order chi connectivity index (χ0) is 19.7. The van der Waals surface area contributed by atoms with Crippen LogP contribution < -0.4 is 10.1 Å². The van der Waals surface area contributed by atoms with Crippen LogP contribution in [0.2, 0.25) is 0 Å². The zero-order valence-corrected chi connectivity index (χ0v) is 16.1. The summed E-state index contributed by atoms with van der Waals surface area (Å²) in [6, 6.07) is 14.5. The second kappa shape index (κ2) is 7.28. The van der Waals surface area contributed by atoms with Crippen molar-refractivity contribution in [3.05, 3.63) is 71.4 Å². The number of ketones is 1. The van der Waals surface area contributed by atoms with Crippen LogP contribution in [0, 0.1) is 0 Å². The minimum absolute atomic E-state index is 0.0484. The van der Waals surface area contributed by atoms with Crippen molar-refractivity contribution in [2.24, 2.45) is 0 Å². The number of carbonyl (C=O) groups excluding carboxylic acids is 2. The summed E-state index contributed by atoms with van der Waals surface area (Å²) in [5.41, 5.74) is 3.34. The van der Waals surface area contributed by atoms with E-state index in [0.717, 1.165) is 22.0 Å². The lowest BCUT2D eigenvalue weighted by atomic mass is 10.1. The highest BCUT2D eigenvalue weighted by Crippen LogP contribution is 2.26. The number of hydrogen-bond acceptors (Lipinski definition) is 5. The van der Waals surface area contributed by atoms with Crippen LogP contribution in [0.1, 0.15) is 27.8 Å². The van der Waals surface area contributed by atoms with Crippen LogP contribution >= 0.6 is 11.3 Å². The highest BCUT2D eigenvalue weighted by atomic mass is 32.1. The number of benzene rings is 2. The number of amides is 1. The molecule has 28 heavy (non-hydrogen) atoms. The average Bonchev–Trinajstić information content (AvgIpc) is 3.29. The summed E-state index contributed by atoms with van der Waals surface area (Å²) < 4.78 is 6.95. The second-order valence-electron chi connectivity index (χ2n) is 6.22. The first kappa shape index (κ1) is 17.9. The van der Waals surface area contributed by atoms with E-state index >= 15 is 0 Å². The highest BCUT2D eigenvalue weighted by molar-refractivity contribution is 7.15. The van der Waals surface area contributed by atoms with E-state index in [4.69, 9.17) is 4.74 Å². The normalized spacial score (nSPS) is 10.8. The number of nitrogens with one attached hydrogen (secondary N) is 1. The monoisotopic (exact) mass is 391 g/mol. The van der Waals surface area contributed by atoms with Gasteiger partial charge in [-0.2, -0.15) is 0 Å². The maximum atomic E-state index is 12.7. The molecule has 0 unspecified atom stereocenters. The van der Waals surface area contributed by atoms with E-state index in [-0.39, 0.29) is 11.7 Å². The quantitative estimate of drug-likeness (QED) is 0.508. The van der Waals surface area contributed by atoms with Crippen LogP contribution in [-0.4, -0.2) is 28.2 Å². The first-order valence-corrected chi connectivity index (χ1v) is 9.46. The van der Waals surface area contributed by atoms with Crippen LogP contribution in [0.3, 0.4) is 0 Å². The Kier molecular flexibility index (Phi) is 4.67. The molecule has 0 aliphatic carbocycles. The van der Waals surface area contributed by atoms with Crippen LogP contribution in [-0.2, 0) is 0 Å². The van der Waals surface area contributed by atoms with E-state index in [1.807, 2.05) is 30.5 Å². The number of carbonyl (C=O) groups is 2. The molecule has 2 heterocycles. The molecule has 0 saturated carbocycles. The van der Waals surface area contributed by atoms with Gasteiger partial charge >= 0.3 is 0 Å². The van der Waals surface area contributed by atoms with Gasteiger partial charge in [-0.1, -0.05) is 12.1 Å². The maximum absolute atomic E-state index is 12.7. The van der Waals surface area contributed by atoms with Gasteiger partial charge in [0, 0.05) is 28.4 Å². The average molecular weight is 391 g/mol. The Labute approximate surface area is 165 Å². The topological polar surface area (TPSA) is 72.7 Å². The van der Waals surface area contributed by atoms with Gasteiger partial charge in [-0.15, -0.1) is 11.3 Å². The van der Waals surface area contributed by atoms with Gasteiger partial charge in [0.2, 0.25) is 0 Å². The predicted octanol–water partition coefficient (Wildman–Crippen LogP) is 4.53. The number of aromatic nitrogens is 2. The van der Waals surface area contributed by atoms with Gasteiger partial charge in [0.25, 0.3) is 5.91 Å². The van der Waals surface area contributed by atoms with Gasteiger partial charge in [-0.25, -0.2) is 4.98 Å². The molecule has 0 bridgehead atoms. The summed E-state index contributed by atoms with van der Waals surface area (Å²) in [7, 11) is 1.62. The van der Waals surface area contributed by atoms with Crippen molar-refractivity contribution in [2.45, 2.75) is 6.92 Å². The van der Waals surface area contributed by atoms with Gasteiger partial charge in [0.15, 0.2) is 10.7 Å². The minimum Gasteiger partial charge on any atom is -0.497 e. The van der Waals surface area contributed by atoms with E-state index < -0.39 is 0 Å². The number of Topliss-reactive ketones (excluding diaryl/α,β-unsaturated/α-hetero) is 1. The van der Waals surface area contributed by atoms with Crippen molar-refractivity contribution >= 4 is 33.7 Å². The third-order valence-electron chi connectivity index (χ3n) is 4.35. The third-order valence-corrected chi connectivity index (χ3v) is 5.19. The van der Waals surface area contributed by atoms with E-state index in [1.54, 1.807) is 41.2 Å². The Morgan fingerprint density at radius 2 is 1.93 bits per heavy atom.